The van der Waals surface area contributed by atoms with Crippen LogP contribution in [0.4, 0.5) is 0 Å². The fraction of sp³-hybridized carbons (Fsp3) is 0.333. The largest absolute Gasteiger partial charge is 0.336 e. The normalized spacial score (nSPS) is 11.8. The molecule has 1 heterocycles. The minimum Gasteiger partial charge on any atom is -0.336 e. The van der Waals surface area contributed by atoms with Crippen molar-refractivity contribution in [3.63, 3.8) is 0 Å². The molecule has 1 atom stereocenters. The topological polar surface area (TPSA) is 83.8 Å². The maximum absolute atomic E-state index is 11.0. The van der Waals surface area contributed by atoms with Gasteiger partial charge in [0.2, 0.25) is 5.91 Å². The summed E-state index contributed by atoms with van der Waals surface area (Å²) in [6, 6.07) is 5.46. The second-order valence-electron chi connectivity index (χ2n) is 3.03. The third kappa shape index (κ3) is 2.12. The molecule has 1 rings (SSSR count). The second kappa shape index (κ2) is 4.44. The summed E-state index contributed by atoms with van der Waals surface area (Å²) in [6.07, 6.45) is 2.03. The molecule has 1 aromatic rings. The number of hydrogen-bond acceptors (Lipinski definition) is 3. The van der Waals surface area contributed by atoms with Gasteiger partial charge in [0.25, 0.3) is 0 Å². The van der Waals surface area contributed by atoms with Crippen LogP contribution in [-0.2, 0) is 4.79 Å². The molecule has 0 radical (unpaired) electrons. The van der Waals surface area contributed by atoms with Crippen molar-refractivity contribution in [1.82, 2.24) is 9.99 Å². The van der Waals surface area contributed by atoms with Crippen LogP contribution >= 0.6 is 0 Å². The number of aromatic nitrogens is 1. The van der Waals surface area contributed by atoms with Gasteiger partial charge in [-0.15, -0.1) is 0 Å². The smallest absolute Gasteiger partial charge is 0.235 e. The number of rotatable bonds is 3. The van der Waals surface area contributed by atoms with Crippen LogP contribution < -0.4 is 11.3 Å². The highest BCUT2D eigenvalue weighted by Crippen LogP contribution is 2.13. The monoisotopic (exact) mass is 192 g/mol. The van der Waals surface area contributed by atoms with Gasteiger partial charge in [-0.25, -0.2) is 5.84 Å². The zero-order chi connectivity index (χ0) is 10.6. The summed E-state index contributed by atoms with van der Waals surface area (Å²) in [4.78, 5) is 11.0. The summed E-state index contributed by atoms with van der Waals surface area (Å²) in [5.74, 6) is 4.73. The Morgan fingerprint density at radius 2 is 2.57 bits per heavy atom. The molecule has 74 valence electrons. The molecule has 1 aromatic heterocycles. The van der Waals surface area contributed by atoms with Crippen LogP contribution in [0.3, 0.4) is 0 Å². The van der Waals surface area contributed by atoms with E-state index in [1.807, 2.05) is 13.0 Å². The summed E-state index contributed by atoms with van der Waals surface area (Å²) >= 11 is 0. The molecular weight excluding hydrogens is 180 g/mol. The van der Waals surface area contributed by atoms with E-state index in [4.69, 9.17) is 11.1 Å². The van der Waals surface area contributed by atoms with E-state index in [-0.39, 0.29) is 18.4 Å². The lowest BCUT2D eigenvalue weighted by Crippen LogP contribution is -2.31. The molecule has 0 saturated carbocycles. The van der Waals surface area contributed by atoms with Crippen molar-refractivity contribution in [3.05, 3.63) is 24.0 Å². The second-order valence-corrected chi connectivity index (χ2v) is 3.03. The van der Waals surface area contributed by atoms with Gasteiger partial charge in [-0.1, -0.05) is 0 Å². The average Bonchev–Trinajstić information content (AvgIpc) is 2.65. The Labute approximate surface area is 82.1 Å². The molecule has 5 nitrogen and oxygen atoms in total. The molecule has 0 bridgehead atoms. The molecule has 3 N–H and O–H groups in total. The summed E-state index contributed by atoms with van der Waals surface area (Å²) in [6.45, 7) is 1.86. The Morgan fingerprint density at radius 1 is 1.86 bits per heavy atom. The van der Waals surface area contributed by atoms with Crippen LogP contribution in [0.2, 0.25) is 0 Å². The molecule has 5 heteroatoms. The highest BCUT2D eigenvalue weighted by Gasteiger charge is 2.11. The van der Waals surface area contributed by atoms with Crippen molar-refractivity contribution in [2.24, 2.45) is 5.84 Å². The van der Waals surface area contributed by atoms with E-state index in [2.05, 4.69) is 5.43 Å². The van der Waals surface area contributed by atoms with E-state index < -0.39 is 0 Å². The molecule has 0 saturated heterocycles. The maximum atomic E-state index is 11.0. The average molecular weight is 192 g/mol. The summed E-state index contributed by atoms with van der Waals surface area (Å²) in [7, 11) is 0. The molecule has 0 aromatic carbocycles. The summed E-state index contributed by atoms with van der Waals surface area (Å²) < 4.78 is 1.75. The number of hydrazine groups is 1. The van der Waals surface area contributed by atoms with Gasteiger partial charge in [-0.3, -0.25) is 10.2 Å². The minimum absolute atomic E-state index is 0.0665. The van der Waals surface area contributed by atoms with Crippen LogP contribution in [0, 0.1) is 11.3 Å². The van der Waals surface area contributed by atoms with Crippen molar-refractivity contribution in [3.8, 4) is 6.07 Å². The quantitative estimate of drug-likeness (QED) is 0.410. The molecule has 0 spiro atoms. The fourth-order valence-corrected chi connectivity index (χ4v) is 1.30. The van der Waals surface area contributed by atoms with Crippen LogP contribution in [-0.4, -0.2) is 10.5 Å². The molecule has 1 amide bonds. The first-order valence-electron chi connectivity index (χ1n) is 4.25. The van der Waals surface area contributed by atoms with Crippen LogP contribution in [0.25, 0.3) is 0 Å². The Morgan fingerprint density at radius 3 is 3.14 bits per heavy atom. The molecule has 0 aliphatic rings. The summed E-state index contributed by atoms with van der Waals surface area (Å²) in [5, 5.41) is 8.75. The van der Waals surface area contributed by atoms with Crippen LogP contribution in [0.5, 0.6) is 0 Å². The van der Waals surface area contributed by atoms with E-state index in [1.165, 1.54) is 0 Å². The number of nitriles is 1. The van der Waals surface area contributed by atoms with Gasteiger partial charge in [0.1, 0.15) is 11.8 Å². The van der Waals surface area contributed by atoms with Crippen molar-refractivity contribution in [2.45, 2.75) is 19.4 Å². The van der Waals surface area contributed by atoms with Gasteiger partial charge in [0.15, 0.2) is 0 Å². The highest BCUT2D eigenvalue weighted by molar-refractivity contribution is 5.75. The summed E-state index contributed by atoms with van der Waals surface area (Å²) in [5.41, 5.74) is 2.60. The first-order valence-corrected chi connectivity index (χ1v) is 4.25. The van der Waals surface area contributed by atoms with Gasteiger partial charge >= 0.3 is 0 Å². The van der Waals surface area contributed by atoms with Gasteiger partial charge in [0.05, 0.1) is 0 Å². The number of nitrogens with one attached hydrogen (secondary N) is 1. The van der Waals surface area contributed by atoms with Crippen molar-refractivity contribution >= 4 is 5.91 Å². The number of nitrogens with two attached hydrogens (primary N) is 1. The van der Waals surface area contributed by atoms with Crippen LogP contribution in [0.15, 0.2) is 18.3 Å². The predicted molar refractivity (Wildman–Crippen MR) is 50.8 cm³/mol. The zero-order valence-corrected chi connectivity index (χ0v) is 7.90. The lowest BCUT2D eigenvalue weighted by molar-refractivity contribution is -0.121. The number of carbonyl (C=O) groups is 1. The molecule has 14 heavy (non-hydrogen) atoms. The van der Waals surface area contributed by atoms with Crippen molar-refractivity contribution in [1.29, 1.82) is 5.26 Å². The Bertz CT molecular complexity index is 363. The van der Waals surface area contributed by atoms with Gasteiger partial charge < -0.3 is 4.57 Å². The number of amides is 1. The SMILES string of the molecule is CC(CC(=O)NN)n1cccc1C#N. The number of nitrogens with zero attached hydrogens (tertiary/aromatic N) is 2. The van der Waals surface area contributed by atoms with E-state index >= 15 is 0 Å². The minimum atomic E-state index is -0.241. The first kappa shape index (κ1) is 10.3. The molecule has 0 fully saturated rings. The molecule has 0 aliphatic heterocycles. The van der Waals surface area contributed by atoms with E-state index in [1.54, 1.807) is 22.9 Å². The number of hydrogen-bond donors (Lipinski definition) is 2. The Balaban J connectivity index is 2.75. The maximum Gasteiger partial charge on any atom is 0.235 e. The standard InChI is InChI=1S/C9H12N4O/c1-7(5-9(14)12-11)13-4-2-3-8(13)6-10/h2-4,7H,5,11H2,1H3,(H,12,14). The van der Waals surface area contributed by atoms with Crippen molar-refractivity contribution < 1.29 is 4.79 Å². The lowest BCUT2D eigenvalue weighted by atomic mass is 10.2. The van der Waals surface area contributed by atoms with E-state index in [9.17, 15) is 4.79 Å². The number of carbonyl (C=O) groups excluding carboxylic acids is 1. The molecule has 0 aliphatic carbocycles. The zero-order valence-electron chi connectivity index (χ0n) is 7.90. The molecular formula is C9H12N4O. The van der Waals surface area contributed by atoms with Crippen LogP contribution in [0.1, 0.15) is 25.1 Å². The fourth-order valence-electron chi connectivity index (χ4n) is 1.30. The Kier molecular flexibility index (Phi) is 3.26. The highest BCUT2D eigenvalue weighted by atomic mass is 16.2. The van der Waals surface area contributed by atoms with Crippen molar-refractivity contribution in [2.75, 3.05) is 0 Å². The van der Waals surface area contributed by atoms with Gasteiger partial charge in [-0.2, -0.15) is 5.26 Å². The third-order valence-corrected chi connectivity index (χ3v) is 2.01. The first-order chi connectivity index (χ1) is 6.69. The van der Waals surface area contributed by atoms with Gasteiger partial charge in [-0.05, 0) is 19.1 Å². The third-order valence-electron chi connectivity index (χ3n) is 2.01. The Hall–Kier alpha value is -1.80. The molecule has 1 unspecified atom stereocenters. The van der Waals surface area contributed by atoms with E-state index in [0.29, 0.717) is 5.69 Å². The van der Waals surface area contributed by atoms with E-state index in [0.717, 1.165) is 0 Å². The van der Waals surface area contributed by atoms with Gasteiger partial charge in [0, 0.05) is 18.7 Å². The predicted octanol–water partition coefficient (Wildman–Crippen LogP) is 0.301. The lowest BCUT2D eigenvalue weighted by Gasteiger charge is -2.13.